The Balaban J connectivity index is 1.21. The Morgan fingerprint density at radius 3 is 3.00 bits per heavy atom. The highest BCUT2D eigenvalue weighted by Crippen LogP contribution is 2.31. The van der Waals surface area contributed by atoms with Crippen molar-refractivity contribution in [3.8, 4) is 0 Å². The molecule has 2 aliphatic rings. The normalized spacial score (nSPS) is 22.1. The molecule has 2 fully saturated rings. The summed E-state index contributed by atoms with van der Waals surface area (Å²) in [4.78, 5) is 39.8. The predicted octanol–water partition coefficient (Wildman–Crippen LogP) is 4.43. The molecule has 0 spiro atoms. The van der Waals surface area contributed by atoms with E-state index in [0.717, 1.165) is 38.9 Å². The van der Waals surface area contributed by atoms with Crippen molar-refractivity contribution in [2.45, 2.75) is 52.1 Å². The highest BCUT2D eigenvalue weighted by atomic mass is 32.1. The maximum Gasteiger partial charge on any atom is 0.231 e. The van der Waals surface area contributed by atoms with Gasteiger partial charge in [0, 0.05) is 42.3 Å². The lowest BCUT2D eigenvalue weighted by Crippen LogP contribution is -2.36. The van der Waals surface area contributed by atoms with Crippen LogP contribution in [0.25, 0.3) is 10.2 Å². The van der Waals surface area contributed by atoms with Crippen molar-refractivity contribution in [1.82, 2.24) is 14.9 Å². The number of rotatable bonds is 5. The number of likely N-dealkylation sites (tertiary alicyclic amines) is 1. The van der Waals surface area contributed by atoms with Gasteiger partial charge in [0.1, 0.15) is 0 Å². The average molecular weight is 470 g/mol. The van der Waals surface area contributed by atoms with Gasteiger partial charge in [-0.05, 0) is 51.4 Å². The average Bonchev–Trinajstić information content (AvgIpc) is 3.47. The monoisotopic (exact) mass is 469 g/mol. The van der Waals surface area contributed by atoms with Crippen LogP contribution in [0.4, 0.5) is 10.8 Å². The third kappa shape index (κ3) is 4.42. The van der Waals surface area contributed by atoms with Crippen molar-refractivity contribution in [3.05, 3.63) is 34.3 Å². The Morgan fingerprint density at radius 1 is 1.28 bits per heavy atom. The minimum atomic E-state index is -0.384. The summed E-state index contributed by atoms with van der Waals surface area (Å²) in [6, 6.07) is 6.46. The number of hydrogen-bond acceptors (Lipinski definition) is 7. The Morgan fingerprint density at radius 2 is 2.16 bits per heavy atom. The maximum absolute atomic E-state index is 12.9. The molecule has 168 valence electrons. The summed E-state index contributed by atoms with van der Waals surface area (Å²) in [6.07, 6.45) is 5.86. The number of anilines is 2. The number of carbonyl (C=O) groups excluding carboxylic acids is 2. The van der Waals surface area contributed by atoms with E-state index in [4.69, 9.17) is 0 Å². The first-order valence-electron chi connectivity index (χ1n) is 11.1. The van der Waals surface area contributed by atoms with E-state index >= 15 is 0 Å². The second-order valence-corrected chi connectivity index (χ2v) is 11.1. The number of piperidine rings is 1. The number of fused-ring (bicyclic) bond motifs is 1. The Hall–Kier alpha value is -2.36. The fourth-order valence-electron chi connectivity index (χ4n) is 4.57. The minimum absolute atomic E-state index is 0.0321. The summed E-state index contributed by atoms with van der Waals surface area (Å²) in [5, 5.41) is 4.55. The van der Waals surface area contributed by atoms with Gasteiger partial charge in [-0.1, -0.05) is 6.42 Å². The first-order chi connectivity index (χ1) is 15.5. The molecule has 2 saturated heterocycles. The van der Waals surface area contributed by atoms with Gasteiger partial charge in [0.05, 0.1) is 21.1 Å². The molecule has 4 heterocycles. The number of nitrogens with zero attached hydrogens (tertiary/aromatic N) is 4. The number of amides is 2. The molecule has 2 aromatic heterocycles. The summed E-state index contributed by atoms with van der Waals surface area (Å²) in [6.45, 7) is 6.63. The lowest BCUT2D eigenvalue weighted by Gasteiger charge is -2.32. The highest BCUT2D eigenvalue weighted by molar-refractivity contribution is 7.18. The van der Waals surface area contributed by atoms with E-state index in [1.54, 1.807) is 16.2 Å². The zero-order chi connectivity index (χ0) is 22.2. The first-order valence-corrected chi connectivity index (χ1v) is 12.8. The van der Waals surface area contributed by atoms with E-state index in [0.29, 0.717) is 17.7 Å². The molecule has 0 radical (unpaired) electrons. The van der Waals surface area contributed by atoms with Crippen molar-refractivity contribution in [2.75, 3.05) is 23.3 Å². The lowest BCUT2D eigenvalue weighted by atomic mass is 10.0. The van der Waals surface area contributed by atoms with E-state index < -0.39 is 0 Å². The van der Waals surface area contributed by atoms with Gasteiger partial charge in [-0.25, -0.2) is 9.97 Å². The van der Waals surface area contributed by atoms with Gasteiger partial charge in [-0.15, -0.1) is 22.7 Å². The lowest BCUT2D eigenvalue weighted by molar-refractivity contribution is -0.122. The number of aromatic nitrogens is 2. The summed E-state index contributed by atoms with van der Waals surface area (Å²) < 4.78 is 1.10. The van der Waals surface area contributed by atoms with Crippen LogP contribution >= 0.6 is 22.7 Å². The van der Waals surface area contributed by atoms with Crippen LogP contribution in [-0.4, -0.2) is 45.8 Å². The van der Waals surface area contributed by atoms with Crippen LogP contribution in [0.15, 0.2) is 24.4 Å². The van der Waals surface area contributed by atoms with Crippen LogP contribution in [0.3, 0.4) is 0 Å². The topological polar surface area (TPSA) is 78.4 Å². The summed E-state index contributed by atoms with van der Waals surface area (Å²) in [5.74, 6) is -0.557. The number of thiazole rings is 2. The van der Waals surface area contributed by atoms with Crippen LogP contribution in [0.2, 0.25) is 0 Å². The van der Waals surface area contributed by atoms with Gasteiger partial charge >= 0.3 is 0 Å². The molecule has 0 aliphatic carbocycles. The van der Waals surface area contributed by atoms with Gasteiger partial charge in [0.25, 0.3) is 0 Å². The van der Waals surface area contributed by atoms with Crippen LogP contribution in [0.1, 0.15) is 42.5 Å². The van der Waals surface area contributed by atoms with Gasteiger partial charge in [-0.3, -0.25) is 14.5 Å². The molecule has 32 heavy (non-hydrogen) atoms. The van der Waals surface area contributed by atoms with Crippen molar-refractivity contribution >= 4 is 55.5 Å². The van der Waals surface area contributed by atoms with Crippen LogP contribution in [0, 0.1) is 12.8 Å². The molecular weight excluding hydrogens is 442 g/mol. The van der Waals surface area contributed by atoms with Gasteiger partial charge < -0.3 is 10.2 Å². The zero-order valence-corrected chi connectivity index (χ0v) is 20.0. The zero-order valence-electron chi connectivity index (χ0n) is 18.3. The van der Waals surface area contributed by atoms with Crippen molar-refractivity contribution in [2.24, 2.45) is 5.92 Å². The Bertz CT molecular complexity index is 1160. The Kier molecular flexibility index (Phi) is 5.96. The standard InChI is InChI=1S/C23H27N5O2S2/c1-14-5-3-4-8-27(14)13-18-11-24-23(32-18)26-22(30)16-9-21(29)28(12-16)17-6-7-20-19(10-17)25-15(2)31-20/h6-7,10-11,14,16H,3-5,8-9,12-13H2,1-2H3,(H,24,26,30). The quantitative estimate of drug-likeness (QED) is 0.598. The SMILES string of the molecule is Cc1nc2cc(N3CC(C(=O)Nc4ncc(CN5CCCCC5C)s4)CC3=O)ccc2s1. The molecule has 1 N–H and O–H groups in total. The van der Waals surface area contributed by atoms with E-state index in [-0.39, 0.29) is 24.2 Å². The molecule has 3 aromatic rings. The molecule has 1 aromatic carbocycles. The van der Waals surface area contributed by atoms with Crippen LogP contribution < -0.4 is 10.2 Å². The highest BCUT2D eigenvalue weighted by Gasteiger charge is 2.35. The van der Waals surface area contributed by atoms with Crippen molar-refractivity contribution in [3.63, 3.8) is 0 Å². The van der Waals surface area contributed by atoms with Crippen molar-refractivity contribution < 1.29 is 9.59 Å². The third-order valence-corrected chi connectivity index (χ3v) is 8.22. The number of aryl methyl sites for hydroxylation is 1. The Labute approximate surface area is 195 Å². The third-order valence-electron chi connectivity index (χ3n) is 6.37. The summed E-state index contributed by atoms with van der Waals surface area (Å²) in [7, 11) is 0. The number of benzene rings is 1. The smallest absolute Gasteiger partial charge is 0.231 e. The second kappa shape index (κ2) is 8.88. The molecule has 2 unspecified atom stereocenters. The first kappa shape index (κ1) is 21.5. The fourth-order valence-corrected chi connectivity index (χ4v) is 6.22. The van der Waals surface area contributed by atoms with Gasteiger partial charge in [0.15, 0.2) is 5.13 Å². The van der Waals surface area contributed by atoms with E-state index in [2.05, 4.69) is 27.1 Å². The number of nitrogens with one attached hydrogen (secondary N) is 1. The van der Waals surface area contributed by atoms with E-state index in [1.165, 1.54) is 30.6 Å². The minimum Gasteiger partial charge on any atom is -0.312 e. The molecule has 2 amide bonds. The maximum atomic E-state index is 12.9. The number of carbonyl (C=O) groups is 2. The van der Waals surface area contributed by atoms with Crippen molar-refractivity contribution in [1.29, 1.82) is 0 Å². The molecule has 9 heteroatoms. The molecular formula is C23H27N5O2S2. The summed E-state index contributed by atoms with van der Waals surface area (Å²) >= 11 is 3.16. The molecule has 0 bridgehead atoms. The van der Waals surface area contributed by atoms with E-state index in [9.17, 15) is 9.59 Å². The van der Waals surface area contributed by atoms with Gasteiger partial charge in [-0.2, -0.15) is 0 Å². The van der Waals surface area contributed by atoms with Gasteiger partial charge in [0.2, 0.25) is 11.8 Å². The largest absolute Gasteiger partial charge is 0.312 e. The van der Waals surface area contributed by atoms with Crippen LogP contribution in [-0.2, 0) is 16.1 Å². The molecule has 5 rings (SSSR count). The molecule has 7 nitrogen and oxygen atoms in total. The molecule has 2 aliphatic heterocycles. The molecule has 2 atom stereocenters. The number of hydrogen-bond donors (Lipinski definition) is 1. The predicted molar refractivity (Wildman–Crippen MR) is 129 cm³/mol. The molecule has 0 saturated carbocycles. The second-order valence-electron chi connectivity index (χ2n) is 8.73. The van der Waals surface area contributed by atoms with Crippen LogP contribution in [0.5, 0.6) is 0 Å². The van der Waals surface area contributed by atoms with E-state index in [1.807, 2.05) is 31.3 Å². The fraction of sp³-hybridized carbons (Fsp3) is 0.478. The summed E-state index contributed by atoms with van der Waals surface area (Å²) in [5.41, 5.74) is 1.69.